The molecule has 4 rings (SSSR count). The number of carbonyl (C=O) groups is 1. The molecule has 0 atom stereocenters. The van der Waals surface area contributed by atoms with Crippen LogP contribution in [-0.2, 0) is 18.3 Å². The van der Waals surface area contributed by atoms with Gasteiger partial charge in [0.05, 0.1) is 11.0 Å². The van der Waals surface area contributed by atoms with Gasteiger partial charge in [0.1, 0.15) is 5.82 Å². The van der Waals surface area contributed by atoms with Gasteiger partial charge in [0, 0.05) is 64.0 Å². The molecule has 0 radical (unpaired) electrons. The minimum absolute atomic E-state index is 0.0581. The molecule has 31 heavy (non-hydrogen) atoms. The van der Waals surface area contributed by atoms with E-state index in [9.17, 15) is 4.79 Å². The Morgan fingerprint density at radius 1 is 1.06 bits per heavy atom. The summed E-state index contributed by atoms with van der Waals surface area (Å²) in [5.74, 6) is 1.15. The number of benzene rings is 2. The van der Waals surface area contributed by atoms with Crippen LogP contribution in [0.15, 0.2) is 42.5 Å². The van der Waals surface area contributed by atoms with Crippen molar-refractivity contribution in [3.8, 4) is 0 Å². The number of nitrogens with one attached hydrogen (secondary N) is 1. The molecule has 1 N–H and O–H groups in total. The zero-order valence-corrected chi connectivity index (χ0v) is 18.9. The Kier molecular flexibility index (Phi) is 6.56. The van der Waals surface area contributed by atoms with E-state index < -0.39 is 0 Å². The Bertz CT molecular complexity index is 1030. The third-order valence-electron chi connectivity index (χ3n) is 6.16. The minimum atomic E-state index is 0.0581. The number of anilines is 2. The van der Waals surface area contributed by atoms with Crippen LogP contribution in [0.1, 0.15) is 31.2 Å². The molecule has 1 fully saturated rings. The number of carbonyl (C=O) groups excluding carboxylic acids is 1. The van der Waals surface area contributed by atoms with Crippen molar-refractivity contribution in [2.24, 2.45) is 7.05 Å². The standard InChI is InChI=1S/C25H33N5O/c1-4-5-25(31)26-20-8-11-23-22(18-20)27-24(28(23)3)12-13-29-14-16-30(17-15-29)21-9-6-19(2)7-10-21/h6-11,18H,4-5,12-17H2,1-3H3,(H,26,31). The molecule has 2 heterocycles. The molecule has 6 heteroatoms. The normalized spacial score (nSPS) is 14.9. The maximum atomic E-state index is 11.9. The van der Waals surface area contributed by atoms with Gasteiger partial charge in [-0.1, -0.05) is 24.6 Å². The van der Waals surface area contributed by atoms with Crippen molar-refractivity contribution in [3.63, 3.8) is 0 Å². The maximum Gasteiger partial charge on any atom is 0.224 e. The van der Waals surface area contributed by atoms with Crippen molar-refractivity contribution < 1.29 is 4.79 Å². The van der Waals surface area contributed by atoms with E-state index in [0.29, 0.717) is 6.42 Å². The predicted molar refractivity (Wildman–Crippen MR) is 128 cm³/mol. The molecule has 3 aromatic rings. The number of imidazole rings is 1. The van der Waals surface area contributed by atoms with Crippen LogP contribution in [0.5, 0.6) is 0 Å². The molecule has 0 bridgehead atoms. The van der Waals surface area contributed by atoms with Gasteiger partial charge in [0.2, 0.25) is 5.91 Å². The molecule has 6 nitrogen and oxygen atoms in total. The third-order valence-corrected chi connectivity index (χ3v) is 6.16. The van der Waals surface area contributed by atoms with Gasteiger partial charge in [-0.15, -0.1) is 0 Å². The van der Waals surface area contributed by atoms with E-state index in [1.807, 2.05) is 25.1 Å². The van der Waals surface area contributed by atoms with Crippen molar-refractivity contribution in [3.05, 3.63) is 53.9 Å². The van der Waals surface area contributed by atoms with Gasteiger partial charge in [-0.3, -0.25) is 9.69 Å². The number of amides is 1. The lowest BCUT2D eigenvalue weighted by Gasteiger charge is -2.36. The van der Waals surface area contributed by atoms with E-state index in [1.165, 1.54) is 11.3 Å². The van der Waals surface area contributed by atoms with E-state index in [0.717, 1.165) is 68.1 Å². The number of fused-ring (bicyclic) bond motifs is 1. The van der Waals surface area contributed by atoms with Crippen molar-refractivity contribution in [2.75, 3.05) is 42.9 Å². The van der Waals surface area contributed by atoms with Gasteiger partial charge in [-0.05, 0) is 43.7 Å². The largest absolute Gasteiger partial charge is 0.369 e. The van der Waals surface area contributed by atoms with E-state index in [2.05, 4.69) is 57.9 Å². The molecule has 0 aliphatic carbocycles. The Morgan fingerprint density at radius 3 is 2.52 bits per heavy atom. The summed E-state index contributed by atoms with van der Waals surface area (Å²) in [4.78, 5) is 21.7. The first-order valence-electron chi connectivity index (χ1n) is 11.3. The topological polar surface area (TPSA) is 53.4 Å². The molecular formula is C25H33N5O. The van der Waals surface area contributed by atoms with E-state index in [1.54, 1.807) is 0 Å². The van der Waals surface area contributed by atoms with Crippen LogP contribution in [-0.4, -0.2) is 53.1 Å². The summed E-state index contributed by atoms with van der Waals surface area (Å²) in [5, 5.41) is 2.97. The fourth-order valence-electron chi connectivity index (χ4n) is 4.24. The maximum absolute atomic E-state index is 11.9. The van der Waals surface area contributed by atoms with Gasteiger partial charge >= 0.3 is 0 Å². The smallest absolute Gasteiger partial charge is 0.224 e. The molecular weight excluding hydrogens is 386 g/mol. The molecule has 2 aromatic carbocycles. The SMILES string of the molecule is CCCC(=O)Nc1ccc2c(c1)nc(CCN1CCN(c3ccc(C)cc3)CC1)n2C. The molecule has 1 aliphatic heterocycles. The fraction of sp³-hybridized carbons (Fsp3) is 0.440. The van der Waals surface area contributed by atoms with Crippen molar-refractivity contribution >= 4 is 28.3 Å². The monoisotopic (exact) mass is 419 g/mol. The lowest BCUT2D eigenvalue weighted by molar-refractivity contribution is -0.116. The minimum Gasteiger partial charge on any atom is -0.369 e. The first-order chi connectivity index (χ1) is 15.0. The molecule has 1 aromatic heterocycles. The van der Waals surface area contributed by atoms with Crippen LogP contribution >= 0.6 is 0 Å². The highest BCUT2D eigenvalue weighted by atomic mass is 16.1. The van der Waals surface area contributed by atoms with Crippen LogP contribution < -0.4 is 10.2 Å². The highest BCUT2D eigenvalue weighted by Crippen LogP contribution is 2.21. The summed E-state index contributed by atoms with van der Waals surface area (Å²) in [6.07, 6.45) is 2.32. The van der Waals surface area contributed by atoms with Crippen LogP contribution in [0.25, 0.3) is 11.0 Å². The molecule has 1 saturated heterocycles. The zero-order chi connectivity index (χ0) is 21.8. The van der Waals surface area contributed by atoms with Crippen LogP contribution in [0, 0.1) is 6.92 Å². The second-order valence-corrected chi connectivity index (χ2v) is 8.50. The van der Waals surface area contributed by atoms with Gasteiger partial charge in [-0.2, -0.15) is 0 Å². The molecule has 1 amide bonds. The lowest BCUT2D eigenvalue weighted by atomic mass is 10.2. The molecule has 1 aliphatic rings. The summed E-state index contributed by atoms with van der Waals surface area (Å²) < 4.78 is 2.18. The van der Waals surface area contributed by atoms with Crippen LogP contribution in [0.3, 0.4) is 0 Å². The second kappa shape index (κ2) is 9.52. The third kappa shape index (κ3) is 5.07. The zero-order valence-electron chi connectivity index (χ0n) is 18.9. The van der Waals surface area contributed by atoms with Crippen molar-refractivity contribution in [1.82, 2.24) is 14.5 Å². The van der Waals surface area contributed by atoms with Crippen molar-refractivity contribution in [1.29, 1.82) is 0 Å². The Morgan fingerprint density at radius 2 is 1.81 bits per heavy atom. The number of aryl methyl sites for hydroxylation is 2. The number of aromatic nitrogens is 2. The highest BCUT2D eigenvalue weighted by Gasteiger charge is 2.18. The molecule has 164 valence electrons. The van der Waals surface area contributed by atoms with Gasteiger partial charge in [0.25, 0.3) is 0 Å². The average molecular weight is 420 g/mol. The summed E-state index contributed by atoms with van der Waals surface area (Å²) in [5.41, 5.74) is 5.49. The molecule has 0 unspecified atom stereocenters. The summed E-state index contributed by atoms with van der Waals surface area (Å²) in [6, 6.07) is 14.8. The quantitative estimate of drug-likeness (QED) is 0.629. The van der Waals surface area contributed by atoms with Crippen molar-refractivity contribution in [2.45, 2.75) is 33.1 Å². The average Bonchev–Trinajstić information content (AvgIpc) is 3.08. The van der Waals surface area contributed by atoms with Gasteiger partial charge < -0.3 is 14.8 Å². The van der Waals surface area contributed by atoms with Crippen LogP contribution in [0.2, 0.25) is 0 Å². The van der Waals surface area contributed by atoms with E-state index in [4.69, 9.17) is 4.98 Å². The summed E-state index contributed by atoms with van der Waals surface area (Å²) in [6.45, 7) is 9.43. The highest BCUT2D eigenvalue weighted by molar-refractivity contribution is 5.93. The first kappa shape index (κ1) is 21.4. The number of rotatable bonds is 7. The number of nitrogens with zero attached hydrogens (tertiary/aromatic N) is 4. The van der Waals surface area contributed by atoms with Gasteiger partial charge in [-0.25, -0.2) is 4.98 Å². The predicted octanol–water partition coefficient (Wildman–Crippen LogP) is 3.99. The Labute approximate surface area is 184 Å². The molecule has 0 saturated carbocycles. The number of piperazine rings is 1. The second-order valence-electron chi connectivity index (χ2n) is 8.50. The number of hydrogen-bond acceptors (Lipinski definition) is 4. The first-order valence-corrected chi connectivity index (χ1v) is 11.3. The van der Waals surface area contributed by atoms with Crippen LogP contribution in [0.4, 0.5) is 11.4 Å². The Balaban J connectivity index is 1.34. The van der Waals surface area contributed by atoms with Gasteiger partial charge in [0.15, 0.2) is 0 Å². The summed E-state index contributed by atoms with van der Waals surface area (Å²) >= 11 is 0. The molecule has 0 spiro atoms. The Hall–Kier alpha value is -2.86. The lowest BCUT2D eigenvalue weighted by Crippen LogP contribution is -2.47. The van der Waals surface area contributed by atoms with E-state index in [-0.39, 0.29) is 5.91 Å². The number of hydrogen-bond donors (Lipinski definition) is 1. The summed E-state index contributed by atoms with van der Waals surface area (Å²) in [7, 11) is 2.08. The van der Waals surface area contributed by atoms with E-state index >= 15 is 0 Å². The fourth-order valence-corrected chi connectivity index (χ4v) is 4.24.